The number of hydrogen-bond acceptors (Lipinski definition) is 6. The average molecular weight is 369 g/mol. The highest BCUT2D eigenvalue weighted by Crippen LogP contribution is 2.31. The summed E-state index contributed by atoms with van der Waals surface area (Å²) in [6, 6.07) is 10.1. The van der Waals surface area contributed by atoms with Gasteiger partial charge in [-0.15, -0.1) is 13.2 Å². The zero-order valence-electron chi connectivity index (χ0n) is 12.4. The number of aromatic nitrogens is 1. The number of fused-ring (bicyclic) bond motifs is 1. The lowest BCUT2D eigenvalue weighted by molar-refractivity contribution is -0.384. The minimum Gasteiger partial charge on any atom is -0.405 e. The predicted octanol–water partition coefficient (Wildman–Crippen LogP) is 4.72. The van der Waals surface area contributed by atoms with Crippen LogP contribution in [0, 0.1) is 10.1 Å². The number of thiazole rings is 1. The molecule has 0 fully saturated rings. The molecular formula is C15H10F3N3O3S. The third kappa shape index (κ3) is 4.15. The number of nitrogens with zero attached hydrogens (tertiary/aromatic N) is 2. The van der Waals surface area contributed by atoms with Crippen molar-refractivity contribution in [2.24, 2.45) is 0 Å². The summed E-state index contributed by atoms with van der Waals surface area (Å²) >= 11 is 1.18. The van der Waals surface area contributed by atoms with E-state index in [1.165, 1.54) is 47.7 Å². The van der Waals surface area contributed by atoms with Gasteiger partial charge in [-0.3, -0.25) is 10.1 Å². The van der Waals surface area contributed by atoms with Crippen molar-refractivity contribution < 1.29 is 22.8 Å². The van der Waals surface area contributed by atoms with E-state index < -0.39 is 11.3 Å². The fourth-order valence-corrected chi connectivity index (χ4v) is 3.04. The lowest BCUT2D eigenvalue weighted by Gasteiger charge is -2.13. The predicted molar refractivity (Wildman–Crippen MR) is 86.7 cm³/mol. The van der Waals surface area contributed by atoms with Gasteiger partial charge in [0.1, 0.15) is 5.75 Å². The van der Waals surface area contributed by atoms with Crippen molar-refractivity contribution >= 4 is 32.4 Å². The Morgan fingerprint density at radius 2 is 2.00 bits per heavy atom. The molecule has 0 aliphatic carbocycles. The Balaban J connectivity index is 1.78. The van der Waals surface area contributed by atoms with Crippen LogP contribution in [0.1, 0.15) is 5.56 Å². The van der Waals surface area contributed by atoms with Crippen LogP contribution in [0.2, 0.25) is 0 Å². The van der Waals surface area contributed by atoms with Crippen LogP contribution in [0.4, 0.5) is 24.0 Å². The molecule has 0 atom stereocenters. The van der Waals surface area contributed by atoms with Gasteiger partial charge in [0, 0.05) is 24.2 Å². The maximum atomic E-state index is 12.4. The van der Waals surface area contributed by atoms with E-state index >= 15 is 0 Å². The molecule has 1 aromatic heterocycles. The highest BCUT2D eigenvalue weighted by molar-refractivity contribution is 7.22. The Morgan fingerprint density at radius 3 is 2.72 bits per heavy atom. The molecule has 0 unspecified atom stereocenters. The Morgan fingerprint density at radius 1 is 1.24 bits per heavy atom. The lowest BCUT2D eigenvalue weighted by Crippen LogP contribution is -2.18. The number of nitro benzene ring substituents is 1. The molecule has 0 aliphatic heterocycles. The standard InChI is InChI=1S/C15H10F3N3O3S/c16-15(17,18)24-12-4-2-1-3-9(12)8-19-14-20-11-6-5-10(21(22)23)7-13(11)25-14/h1-7H,8H2,(H,19,20). The van der Waals surface area contributed by atoms with Crippen LogP contribution in [-0.4, -0.2) is 16.3 Å². The summed E-state index contributed by atoms with van der Waals surface area (Å²) in [6.45, 7) is 0.0637. The zero-order valence-corrected chi connectivity index (χ0v) is 13.2. The number of benzene rings is 2. The summed E-state index contributed by atoms with van der Waals surface area (Å²) in [5.41, 5.74) is 0.828. The van der Waals surface area contributed by atoms with Crippen LogP contribution in [0.15, 0.2) is 42.5 Å². The number of halogens is 3. The number of nitro groups is 1. The van der Waals surface area contributed by atoms with E-state index in [2.05, 4.69) is 15.0 Å². The quantitative estimate of drug-likeness (QED) is 0.520. The van der Waals surface area contributed by atoms with Crippen LogP contribution in [0.5, 0.6) is 5.75 Å². The Hall–Kier alpha value is -2.88. The monoisotopic (exact) mass is 369 g/mol. The third-order valence-corrected chi connectivity index (χ3v) is 4.19. The first-order valence-electron chi connectivity index (χ1n) is 6.94. The molecule has 3 aromatic rings. The van der Waals surface area contributed by atoms with E-state index in [0.717, 1.165) is 0 Å². The van der Waals surface area contributed by atoms with Gasteiger partial charge < -0.3 is 10.1 Å². The molecule has 6 nitrogen and oxygen atoms in total. The lowest BCUT2D eigenvalue weighted by atomic mass is 10.2. The number of para-hydroxylation sites is 1. The molecule has 1 N–H and O–H groups in total. The van der Waals surface area contributed by atoms with Gasteiger partial charge in [-0.05, 0) is 12.1 Å². The number of rotatable bonds is 5. The largest absolute Gasteiger partial charge is 0.573 e. The van der Waals surface area contributed by atoms with Crippen LogP contribution >= 0.6 is 11.3 Å². The van der Waals surface area contributed by atoms with Crippen molar-refractivity contribution in [3.05, 3.63) is 58.1 Å². The fourth-order valence-electron chi connectivity index (χ4n) is 2.15. The second kappa shape index (κ2) is 6.55. The maximum Gasteiger partial charge on any atom is 0.573 e. The van der Waals surface area contributed by atoms with Gasteiger partial charge >= 0.3 is 6.36 Å². The number of ether oxygens (including phenoxy) is 1. The van der Waals surface area contributed by atoms with E-state index in [0.29, 0.717) is 20.9 Å². The summed E-state index contributed by atoms with van der Waals surface area (Å²) in [5, 5.41) is 14.1. The fraction of sp³-hybridized carbons (Fsp3) is 0.133. The first-order chi connectivity index (χ1) is 11.8. The number of non-ortho nitro benzene ring substituents is 1. The molecule has 0 aliphatic rings. The first kappa shape index (κ1) is 17.0. The SMILES string of the molecule is O=[N+]([O-])c1ccc2nc(NCc3ccccc3OC(F)(F)F)sc2c1. The second-order valence-corrected chi connectivity index (χ2v) is 5.97. The van der Waals surface area contributed by atoms with Gasteiger partial charge in [-0.25, -0.2) is 4.98 Å². The van der Waals surface area contributed by atoms with E-state index in [-0.39, 0.29) is 18.0 Å². The zero-order chi connectivity index (χ0) is 18.0. The second-order valence-electron chi connectivity index (χ2n) is 4.94. The summed E-state index contributed by atoms with van der Waals surface area (Å²) in [5.74, 6) is -0.292. The molecule has 25 heavy (non-hydrogen) atoms. The van der Waals surface area contributed by atoms with Gasteiger partial charge in [-0.2, -0.15) is 0 Å². The molecule has 130 valence electrons. The van der Waals surface area contributed by atoms with Crippen LogP contribution in [-0.2, 0) is 6.54 Å². The van der Waals surface area contributed by atoms with E-state index in [1.54, 1.807) is 6.07 Å². The molecule has 0 saturated heterocycles. The van der Waals surface area contributed by atoms with Gasteiger partial charge in [0.25, 0.3) is 5.69 Å². The van der Waals surface area contributed by atoms with Crippen molar-refractivity contribution in [2.45, 2.75) is 12.9 Å². The number of nitrogens with one attached hydrogen (secondary N) is 1. The smallest absolute Gasteiger partial charge is 0.405 e. The highest BCUT2D eigenvalue weighted by atomic mass is 32.1. The molecular weight excluding hydrogens is 359 g/mol. The summed E-state index contributed by atoms with van der Waals surface area (Å²) < 4.78 is 41.9. The molecule has 1 heterocycles. The topological polar surface area (TPSA) is 77.3 Å². The van der Waals surface area contributed by atoms with Gasteiger partial charge in [0.2, 0.25) is 0 Å². The molecule has 3 rings (SSSR count). The Bertz CT molecular complexity index is 927. The number of alkyl halides is 3. The third-order valence-electron chi connectivity index (χ3n) is 3.21. The maximum absolute atomic E-state index is 12.4. The normalized spacial score (nSPS) is 11.5. The minimum atomic E-state index is -4.77. The van der Waals surface area contributed by atoms with E-state index in [4.69, 9.17) is 0 Å². The Kier molecular flexibility index (Phi) is 4.45. The van der Waals surface area contributed by atoms with Crippen LogP contribution in [0.3, 0.4) is 0 Å². The van der Waals surface area contributed by atoms with Gasteiger partial charge in [0.05, 0.1) is 15.1 Å². The number of hydrogen-bond donors (Lipinski definition) is 1. The molecule has 2 aromatic carbocycles. The molecule has 0 radical (unpaired) electrons. The molecule has 0 amide bonds. The number of anilines is 1. The summed E-state index contributed by atoms with van der Waals surface area (Å²) in [4.78, 5) is 14.5. The average Bonchev–Trinajstić information content (AvgIpc) is 2.94. The minimum absolute atomic E-state index is 0.0494. The van der Waals surface area contributed by atoms with Gasteiger partial charge in [-0.1, -0.05) is 29.5 Å². The van der Waals surface area contributed by atoms with Crippen molar-refractivity contribution in [3.63, 3.8) is 0 Å². The van der Waals surface area contributed by atoms with Gasteiger partial charge in [0.15, 0.2) is 5.13 Å². The van der Waals surface area contributed by atoms with Crippen LogP contribution < -0.4 is 10.1 Å². The van der Waals surface area contributed by atoms with E-state index in [1.807, 2.05) is 0 Å². The van der Waals surface area contributed by atoms with Crippen molar-refractivity contribution in [1.29, 1.82) is 0 Å². The molecule has 0 saturated carbocycles. The summed E-state index contributed by atoms with van der Waals surface area (Å²) in [6.07, 6.45) is -4.77. The summed E-state index contributed by atoms with van der Waals surface area (Å²) in [7, 11) is 0. The molecule has 10 heteroatoms. The Labute approximate surface area is 143 Å². The molecule has 0 bridgehead atoms. The van der Waals surface area contributed by atoms with Crippen molar-refractivity contribution in [2.75, 3.05) is 5.32 Å². The van der Waals surface area contributed by atoms with Crippen LogP contribution in [0.25, 0.3) is 10.2 Å². The first-order valence-corrected chi connectivity index (χ1v) is 7.76. The van der Waals surface area contributed by atoms with E-state index in [9.17, 15) is 23.3 Å². The molecule has 0 spiro atoms. The highest BCUT2D eigenvalue weighted by Gasteiger charge is 2.31. The van der Waals surface area contributed by atoms with Crippen molar-refractivity contribution in [3.8, 4) is 5.75 Å². The van der Waals surface area contributed by atoms with Crippen molar-refractivity contribution in [1.82, 2.24) is 4.98 Å².